The normalized spacial score (nSPS) is 26.4. The lowest BCUT2D eigenvalue weighted by molar-refractivity contribution is -0.130. The van der Waals surface area contributed by atoms with Gasteiger partial charge in [0.05, 0.1) is 0 Å². The average Bonchev–Trinajstić information content (AvgIpc) is 2.13. The molecule has 2 heteroatoms. The summed E-state index contributed by atoms with van der Waals surface area (Å²) >= 11 is 2.01. The fourth-order valence-electron chi connectivity index (χ4n) is 2.82. The number of hydrogen-bond donors (Lipinski definition) is 0. The highest BCUT2D eigenvalue weighted by atomic mass is 32.2. The van der Waals surface area contributed by atoms with Crippen LogP contribution in [0.1, 0.15) is 67.2 Å². The molecular formula is C16H30OS. The number of Topliss-reactive ketones (excluding diaryl/α,β-unsaturated/α-hetero) is 1. The van der Waals surface area contributed by atoms with Gasteiger partial charge in [0.25, 0.3) is 0 Å². The van der Waals surface area contributed by atoms with Crippen LogP contribution in [0.2, 0.25) is 0 Å². The third-order valence-electron chi connectivity index (χ3n) is 4.11. The smallest absolute Gasteiger partial charge is 0.136 e. The molecule has 1 fully saturated rings. The molecule has 0 aromatic heterocycles. The summed E-state index contributed by atoms with van der Waals surface area (Å²) in [5, 5.41) is 0. The lowest BCUT2D eigenvalue weighted by atomic mass is 9.67. The Balaban J connectivity index is 2.50. The Hall–Kier alpha value is 0.0200. The van der Waals surface area contributed by atoms with Crippen LogP contribution in [0.5, 0.6) is 0 Å². The summed E-state index contributed by atoms with van der Waals surface area (Å²) in [4.78, 5) is 12.2. The first kappa shape index (κ1) is 16.1. The first-order valence-electron chi connectivity index (χ1n) is 7.28. The van der Waals surface area contributed by atoms with Gasteiger partial charge in [0, 0.05) is 17.1 Å². The molecule has 1 nitrogen and oxygen atoms in total. The van der Waals surface area contributed by atoms with Gasteiger partial charge < -0.3 is 0 Å². The van der Waals surface area contributed by atoms with Gasteiger partial charge in [-0.2, -0.15) is 11.8 Å². The molecule has 0 N–H and O–H groups in total. The van der Waals surface area contributed by atoms with Gasteiger partial charge in [0.1, 0.15) is 5.78 Å². The van der Waals surface area contributed by atoms with Gasteiger partial charge in [-0.3, -0.25) is 4.79 Å². The van der Waals surface area contributed by atoms with Crippen molar-refractivity contribution < 1.29 is 4.79 Å². The van der Waals surface area contributed by atoms with Gasteiger partial charge in [-0.15, -0.1) is 0 Å². The van der Waals surface area contributed by atoms with Crippen molar-refractivity contribution in [2.24, 2.45) is 17.3 Å². The Kier molecular flexibility index (Phi) is 5.34. The molecule has 0 aliphatic heterocycles. The topological polar surface area (TPSA) is 17.1 Å². The van der Waals surface area contributed by atoms with Crippen LogP contribution in [0.15, 0.2) is 0 Å². The molecule has 0 heterocycles. The monoisotopic (exact) mass is 270 g/mol. The van der Waals surface area contributed by atoms with Crippen LogP contribution in [-0.2, 0) is 4.79 Å². The van der Waals surface area contributed by atoms with Crippen LogP contribution in [0, 0.1) is 17.3 Å². The predicted octanol–water partition coefficient (Wildman–Crippen LogP) is 4.94. The summed E-state index contributed by atoms with van der Waals surface area (Å²) in [7, 11) is 0. The van der Waals surface area contributed by atoms with E-state index in [0.29, 0.717) is 22.4 Å². The van der Waals surface area contributed by atoms with E-state index in [0.717, 1.165) is 25.0 Å². The van der Waals surface area contributed by atoms with Crippen LogP contribution >= 0.6 is 11.8 Å². The lowest BCUT2D eigenvalue weighted by Gasteiger charge is -2.38. The molecule has 0 bridgehead atoms. The second-order valence-corrected chi connectivity index (χ2v) is 9.53. The third kappa shape index (κ3) is 4.95. The minimum absolute atomic E-state index is 0.176. The van der Waals surface area contributed by atoms with Crippen molar-refractivity contribution in [1.29, 1.82) is 0 Å². The minimum atomic E-state index is 0.176. The first-order chi connectivity index (χ1) is 8.12. The van der Waals surface area contributed by atoms with E-state index < -0.39 is 0 Å². The van der Waals surface area contributed by atoms with Crippen LogP contribution < -0.4 is 0 Å². The fourth-order valence-corrected chi connectivity index (χ4v) is 4.06. The molecule has 18 heavy (non-hydrogen) atoms. The third-order valence-corrected chi connectivity index (χ3v) is 5.39. The zero-order valence-electron chi connectivity index (χ0n) is 13.0. The summed E-state index contributed by atoms with van der Waals surface area (Å²) in [6.45, 7) is 13.6. The van der Waals surface area contributed by atoms with Crippen LogP contribution in [0.3, 0.4) is 0 Å². The standard InChI is InChI=1S/C16H30OS/c1-12-7-8-13(14(17)11-12)16(5,6)9-10-18-15(2,3)4/h12-13H,7-11H2,1-6H3. The quantitative estimate of drug-likeness (QED) is 0.719. The van der Waals surface area contributed by atoms with Gasteiger partial charge >= 0.3 is 0 Å². The van der Waals surface area contributed by atoms with E-state index >= 15 is 0 Å². The molecule has 0 spiro atoms. The van der Waals surface area contributed by atoms with E-state index in [-0.39, 0.29) is 5.41 Å². The number of carbonyl (C=O) groups is 1. The van der Waals surface area contributed by atoms with Crippen molar-refractivity contribution in [2.45, 2.75) is 72.0 Å². The summed E-state index contributed by atoms with van der Waals surface area (Å²) in [6, 6.07) is 0. The van der Waals surface area contributed by atoms with Crippen molar-refractivity contribution in [3.63, 3.8) is 0 Å². The predicted molar refractivity (Wildman–Crippen MR) is 82.1 cm³/mol. The van der Waals surface area contributed by atoms with Gasteiger partial charge in [-0.1, -0.05) is 41.5 Å². The molecule has 1 rings (SSSR count). The molecule has 1 aliphatic carbocycles. The maximum absolute atomic E-state index is 12.2. The highest BCUT2D eigenvalue weighted by Crippen LogP contribution is 2.41. The molecule has 1 saturated carbocycles. The zero-order chi connectivity index (χ0) is 14.0. The molecule has 0 amide bonds. The molecule has 106 valence electrons. The maximum atomic E-state index is 12.2. The summed E-state index contributed by atoms with van der Waals surface area (Å²) < 4.78 is 0.334. The second kappa shape index (κ2) is 5.98. The number of rotatable bonds is 4. The largest absolute Gasteiger partial charge is 0.299 e. The Labute approximate surface area is 117 Å². The van der Waals surface area contributed by atoms with Crippen molar-refractivity contribution >= 4 is 17.5 Å². The average molecular weight is 270 g/mol. The molecular weight excluding hydrogens is 240 g/mol. The molecule has 2 atom stereocenters. The second-order valence-electron chi connectivity index (χ2n) is 7.60. The van der Waals surface area contributed by atoms with E-state index in [1.54, 1.807) is 0 Å². The van der Waals surface area contributed by atoms with E-state index in [1.807, 2.05) is 11.8 Å². The van der Waals surface area contributed by atoms with E-state index in [9.17, 15) is 4.79 Å². The fraction of sp³-hybridized carbons (Fsp3) is 0.938. The molecule has 0 aromatic rings. The number of ketones is 1. The van der Waals surface area contributed by atoms with Crippen molar-refractivity contribution in [3.05, 3.63) is 0 Å². The molecule has 2 unspecified atom stereocenters. The molecule has 0 radical (unpaired) electrons. The van der Waals surface area contributed by atoms with Gasteiger partial charge in [-0.25, -0.2) is 0 Å². The highest BCUT2D eigenvalue weighted by molar-refractivity contribution is 8.00. The molecule has 1 aliphatic rings. The SMILES string of the molecule is CC1CCC(C(C)(C)CCSC(C)(C)C)C(=O)C1. The molecule has 0 aromatic carbocycles. The van der Waals surface area contributed by atoms with E-state index in [4.69, 9.17) is 0 Å². The Morgan fingerprint density at radius 2 is 1.78 bits per heavy atom. The minimum Gasteiger partial charge on any atom is -0.299 e. The first-order valence-corrected chi connectivity index (χ1v) is 8.27. The summed E-state index contributed by atoms with van der Waals surface area (Å²) in [6.07, 6.45) is 4.29. The zero-order valence-corrected chi connectivity index (χ0v) is 13.8. The Bertz CT molecular complexity index is 288. The highest BCUT2D eigenvalue weighted by Gasteiger charge is 2.37. The Morgan fingerprint density at radius 1 is 1.17 bits per heavy atom. The van der Waals surface area contributed by atoms with Gasteiger partial charge in [0.15, 0.2) is 0 Å². The number of thioether (sulfide) groups is 1. The van der Waals surface area contributed by atoms with E-state index in [2.05, 4.69) is 41.5 Å². The summed E-state index contributed by atoms with van der Waals surface area (Å²) in [5.74, 6) is 2.58. The van der Waals surface area contributed by atoms with Gasteiger partial charge in [-0.05, 0) is 36.3 Å². The number of carbonyl (C=O) groups excluding carboxylic acids is 1. The van der Waals surface area contributed by atoms with E-state index in [1.165, 1.54) is 6.42 Å². The number of hydrogen-bond acceptors (Lipinski definition) is 2. The van der Waals surface area contributed by atoms with Crippen molar-refractivity contribution in [1.82, 2.24) is 0 Å². The maximum Gasteiger partial charge on any atom is 0.136 e. The van der Waals surface area contributed by atoms with Crippen molar-refractivity contribution in [3.8, 4) is 0 Å². The summed E-state index contributed by atoms with van der Waals surface area (Å²) in [5.41, 5.74) is 0.176. The van der Waals surface area contributed by atoms with Gasteiger partial charge in [0.2, 0.25) is 0 Å². The van der Waals surface area contributed by atoms with Crippen LogP contribution in [0.4, 0.5) is 0 Å². The lowest BCUT2D eigenvalue weighted by Crippen LogP contribution is -2.36. The van der Waals surface area contributed by atoms with Crippen LogP contribution in [-0.4, -0.2) is 16.3 Å². The van der Waals surface area contributed by atoms with Crippen LogP contribution in [0.25, 0.3) is 0 Å². The molecule has 0 saturated heterocycles. The van der Waals surface area contributed by atoms with Crippen molar-refractivity contribution in [2.75, 3.05) is 5.75 Å². The Morgan fingerprint density at radius 3 is 2.28 bits per heavy atom.